The quantitative estimate of drug-likeness (QED) is 0.642. The van der Waals surface area contributed by atoms with Gasteiger partial charge in [-0.05, 0) is 43.7 Å². The zero-order valence-electron chi connectivity index (χ0n) is 17.9. The minimum Gasteiger partial charge on any atom is -0.381 e. The van der Waals surface area contributed by atoms with E-state index >= 15 is 0 Å². The molecule has 5 heterocycles. The van der Waals surface area contributed by atoms with E-state index in [1.165, 1.54) is 4.88 Å². The monoisotopic (exact) mass is 453 g/mol. The molecule has 2 aliphatic heterocycles. The Bertz CT molecular complexity index is 1100. The highest BCUT2D eigenvalue weighted by Crippen LogP contribution is 2.34. The van der Waals surface area contributed by atoms with Gasteiger partial charge in [-0.2, -0.15) is 0 Å². The molecule has 8 nitrogen and oxygen atoms in total. The van der Waals surface area contributed by atoms with Crippen LogP contribution in [0.25, 0.3) is 5.65 Å². The molecule has 0 atom stereocenters. The van der Waals surface area contributed by atoms with Crippen molar-refractivity contribution in [3.8, 4) is 0 Å². The lowest BCUT2D eigenvalue weighted by molar-refractivity contribution is -0.139. The molecule has 0 aliphatic carbocycles. The number of ether oxygens (including phenoxy) is 1. The van der Waals surface area contributed by atoms with Gasteiger partial charge in [0, 0.05) is 55.7 Å². The number of piperidine rings is 1. The normalized spacial score (nSPS) is 18.2. The van der Waals surface area contributed by atoms with Crippen molar-refractivity contribution in [1.29, 1.82) is 0 Å². The topological polar surface area (TPSA) is 88.8 Å². The lowest BCUT2D eigenvalue weighted by Crippen LogP contribution is -2.42. The van der Waals surface area contributed by atoms with Crippen LogP contribution in [0.15, 0.2) is 36.9 Å². The molecule has 2 amide bonds. The predicted molar refractivity (Wildman–Crippen MR) is 121 cm³/mol. The summed E-state index contributed by atoms with van der Waals surface area (Å²) in [5, 5.41) is 2.96. The fourth-order valence-electron chi connectivity index (χ4n) is 4.50. The summed E-state index contributed by atoms with van der Waals surface area (Å²) in [5.41, 5.74) is 1.56. The number of rotatable bonds is 5. The molecule has 9 heteroatoms. The highest BCUT2D eigenvalue weighted by Gasteiger charge is 2.30. The van der Waals surface area contributed by atoms with Gasteiger partial charge in [0.1, 0.15) is 0 Å². The van der Waals surface area contributed by atoms with E-state index in [1.54, 1.807) is 23.7 Å². The summed E-state index contributed by atoms with van der Waals surface area (Å²) >= 11 is 1.56. The van der Waals surface area contributed by atoms with Crippen LogP contribution in [0.1, 0.15) is 51.8 Å². The van der Waals surface area contributed by atoms with Gasteiger partial charge in [0.2, 0.25) is 5.91 Å². The Morgan fingerprint density at radius 3 is 2.75 bits per heavy atom. The molecule has 5 rings (SSSR count). The first kappa shape index (κ1) is 21.1. The van der Waals surface area contributed by atoms with Crippen molar-refractivity contribution in [1.82, 2.24) is 24.6 Å². The Balaban J connectivity index is 1.13. The van der Waals surface area contributed by atoms with Gasteiger partial charge in [-0.1, -0.05) is 0 Å². The maximum Gasteiger partial charge on any atom is 0.261 e. The van der Waals surface area contributed by atoms with Crippen LogP contribution in [-0.2, 0) is 16.1 Å². The lowest BCUT2D eigenvalue weighted by Gasteiger charge is -2.35. The van der Waals surface area contributed by atoms with Gasteiger partial charge >= 0.3 is 0 Å². The smallest absolute Gasteiger partial charge is 0.261 e. The fourth-order valence-corrected chi connectivity index (χ4v) is 5.59. The summed E-state index contributed by atoms with van der Waals surface area (Å²) in [7, 11) is 0. The van der Waals surface area contributed by atoms with E-state index < -0.39 is 0 Å². The van der Waals surface area contributed by atoms with Crippen molar-refractivity contribution in [3.05, 3.63) is 52.4 Å². The van der Waals surface area contributed by atoms with E-state index in [1.807, 2.05) is 27.8 Å². The third-order valence-electron chi connectivity index (χ3n) is 6.39. The molecule has 0 saturated carbocycles. The summed E-state index contributed by atoms with van der Waals surface area (Å²) in [6.45, 7) is 3.35. The number of hydrogen-bond acceptors (Lipinski definition) is 6. The second-order valence-electron chi connectivity index (χ2n) is 8.44. The minimum atomic E-state index is -0.0825. The lowest BCUT2D eigenvalue weighted by atomic mass is 9.92. The number of fused-ring (bicyclic) bond motifs is 1. The van der Waals surface area contributed by atoms with Gasteiger partial charge in [-0.3, -0.25) is 14.6 Å². The first-order valence-corrected chi connectivity index (χ1v) is 12.0. The number of imidazole rings is 1. The zero-order valence-corrected chi connectivity index (χ0v) is 18.7. The van der Waals surface area contributed by atoms with Crippen LogP contribution in [0.4, 0.5) is 0 Å². The maximum atomic E-state index is 12.7. The molecule has 3 aromatic heterocycles. The number of aromatic nitrogens is 3. The van der Waals surface area contributed by atoms with Crippen LogP contribution in [0.5, 0.6) is 0 Å². The Kier molecular flexibility index (Phi) is 6.18. The summed E-state index contributed by atoms with van der Waals surface area (Å²) in [4.78, 5) is 37.9. The van der Waals surface area contributed by atoms with Gasteiger partial charge in [0.05, 0.1) is 23.3 Å². The van der Waals surface area contributed by atoms with Crippen LogP contribution < -0.4 is 5.32 Å². The van der Waals surface area contributed by atoms with Crippen LogP contribution in [-0.4, -0.2) is 57.4 Å². The van der Waals surface area contributed by atoms with E-state index in [2.05, 4.69) is 21.4 Å². The van der Waals surface area contributed by atoms with Gasteiger partial charge < -0.3 is 19.4 Å². The number of likely N-dealkylation sites (tertiary alicyclic amines) is 1. The van der Waals surface area contributed by atoms with Gasteiger partial charge in [-0.25, -0.2) is 4.98 Å². The minimum absolute atomic E-state index is 0.0825. The zero-order chi connectivity index (χ0) is 21.9. The van der Waals surface area contributed by atoms with Crippen molar-refractivity contribution >= 4 is 28.8 Å². The highest BCUT2D eigenvalue weighted by atomic mass is 32.1. The second kappa shape index (κ2) is 9.38. The maximum absolute atomic E-state index is 12.7. The molecule has 0 bridgehead atoms. The number of hydrogen-bond donors (Lipinski definition) is 1. The number of carbonyl (C=O) groups is 2. The molecule has 2 saturated heterocycles. The van der Waals surface area contributed by atoms with Crippen molar-refractivity contribution in [2.24, 2.45) is 5.92 Å². The molecule has 0 aromatic carbocycles. The molecule has 0 spiro atoms. The number of thiophene rings is 1. The molecule has 0 radical (unpaired) electrons. The van der Waals surface area contributed by atoms with E-state index in [-0.39, 0.29) is 11.8 Å². The fraction of sp³-hybridized carbons (Fsp3) is 0.478. The van der Waals surface area contributed by atoms with Crippen molar-refractivity contribution in [2.75, 3.05) is 26.3 Å². The van der Waals surface area contributed by atoms with Gasteiger partial charge in [0.25, 0.3) is 5.91 Å². The molecule has 0 unspecified atom stereocenters. The standard InChI is InChI=1S/C23H27N5O3S/c29-22(26-13-18-15-28-10-7-24-21(28)14-25-18)20-2-1-19(32-20)16-3-8-27(9-4-16)23(30)17-5-11-31-12-6-17/h1-2,7,10,14-17H,3-6,8-9,11-13H2,(H,26,29). The van der Waals surface area contributed by atoms with Crippen molar-refractivity contribution in [3.63, 3.8) is 0 Å². The molecular formula is C23H27N5O3S. The van der Waals surface area contributed by atoms with E-state index in [0.717, 1.165) is 50.1 Å². The van der Waals surface area contributed by atoms with Gasteiger partial charge in [0.15, 0.2) is 5.65 Å². The first-order chi connectivity index (χ1) is 15.7. The van der Waals surface area contributed by atoms with E-state index in [4.69, 9.17) is 4.74 Å². The SMILES string of the molecule is O=C(NCc1cn2ccnc2cn1)c1ccc(C2CCN(C(=O)C3CCOCC3)CC2)s1. The molecule has 168 valence electrons. The molecule has 2 aliphatic rings. The third kappa shape index (κ3) is 4.54. The Hall–Kier alpha value is -2.78. The summed E-state index contributed by atoms with van der Waals surface area (Å²) in [6.07, 6.45) is 10.7. The number of amides is 2. The molecule has 1 N–H and O–H groups in total. The number of nitrogens with zero attached hydrogens (tertiary/aromatic N) is 4. The van der Waals surface area contributed by atoms with Crippen molar-refractivity contribution < 1.29 is 14.3 Å². The van der Waals surface area contributed by atoms with Crippen LogP contribution in [0, 0.1) is 5.92 Å². The summed E-state index contributed by atoms with van der Waals surface area (Å²) in [6, 6.07) is 3.97. The predicted octanol–water partition coefficient (Wildman–Crippen LogP) is 2.85. The Morgan fingerprint density at radius 1 is 1.12 bits per heavy atom. The van der Waals surface area contributed by atoms with Crippen LogP contribution in [0.3, 0.4) is 0 Å². The Labute approximate surface area is 190 Å². The van der Waals surface area contributed by atoms with Crippen molar-refractivity contribution in [2.45, 2.75) is 38.1 Å². The average molecular weight is 454 g/mol. The molecule has 3 aromatic rings. The van der Waals surface area contributed by atoms with E-state index in [9.17, 15) is 9.59 Å². The average Bonchev–Trinajstić information content (AvgIpc) is 3.52. The van der Waals surface area contributed by atoms with Gasteiger partial charge in [-0.15, -0.1) is 11.3 Å². The third-order valence-corrected chi connectivity index (χ3v) is 7.64. The highest BCUT2D eigenvalue weighted by molar-refractivity contribution is 7.14. The summed E-state index contributed by atoms with van der Waals surface area (Å²) < 4.78 is 7.27. The van der Waals surface area contributed by atoms with Crippen LogP contribution in [0.2, 0.25) is 0 Å². The summed E-state index contributed by atoms with van der Waals surface area (Å²) in [5.74, 6) is 0.744. The molecule has 32 heavy (non-hydrogen) atoms. The number of carbonyl (C=O) groups excluding carboxylic acids is 2. The first-order valence-electron chi connectivity index (χ1n) is 11.2. The Morgan fingerprint density at radius 2 is 1.94 bits per heavy atom. The van der Waals surface area contributed by atoms with Crippen LogP contribution >= 0.6 is 11.3 Å². The number of nitrogens with one attached hydrogen (secondary N) is 1. The largest absolute Gasteiger partial charge is 0.381 e. The molecular weight excluding hydrogens is 426 g/mol. The molecule has 2 fully saturated rings. The second-order valence-corrected chi connectivity index (χ2v) is 9.56. The van der Waals surface area contributed by atoms with E-state index in [0.29, 0.717) is 36.5 Å².